The minimum absolute atomic E-state index is 0.384. The van der Waals surface area contributed by atoms with E-state index in [-0.39, 0.29) is 0 Å². The van der Waals surface area contributed by atoms with Crippen molar-refractivity contribution in [2.75, 3.05) is 0 Å². The van der Waals surface area contributed by atoms with Crippen molar-refractivity contribution in [1.29, 1.82) is 0 Å². The molecule has 1 aliphatic rings. The highest BCUT2D eigenvalue weighted by Gasteiger charge is 2.32. The van der Waals surface area contributed by atoms with Crippen molar-refractivity contribution < 1.29 is 9.90 Å². The van der Waals surface area contributed by atoms with Gasteiger partial charge in [-0.2, -0.15) is 4.37 Å². The molecule has 1 N–H and O–H groups in total. The summed E-state index contributed by atoms with van der Waals surface area (Å²) in [6.45, 7) is 1.76. The van der Waals surface area contributed by atoms with Gasteiger partial charge < -0.3 is 5.11 Å². The van der Waals surface area contributed by atoms with Crippen LogP contribution in [0.4, 0.5) is 0 Å². The molecule has 1 aliphatic carbocycles. The molecule has 3 rings (SSSR count). The molecule has 0 aliphatic heterocycles. The molecule has 2 aromatic heterocycles. The maximum absolute atomic E-state index is 11.3. The second-order valence-electron chi connectivity index (χ2n) is 4.11. The molecule has 16 heavy (non-hydrogen) atoms. The molecular weight excluding hydrogens is 224 g/mol. The highest BCUT2D eigenvalue weighted by atomic mass is 32.1. The van der Waals surface area contributed by atoms with Gasteiger partial charge in [0, 0.05) is 5.39 Å². The molecule has 2 aromatic rings. The van der Waals surface area contributed by atoms with E-state index >= 15 is 0 Å². The molecule has 0 bridgehead atoms. The number of rotatable bonds is 2. The van der Waals surface area contributed by atoms with Crippen LogP contribution >= 0.6 is 11.5 Å². The third kappa shape index (κ3) is 1.31. The Kier molecular flexibility index (Phi) is 1.97. The number of carboxylic acids is 1. The number of hydrogen-bond donors (Lipinski definition) is 1. The number of pyridine rings is 1. The van der Waals surface area contributed by atoms with Crippen LogP contribution in [0.25, 0.3) is 10.2 Å². The Morgan fingerprint density at radius 2 is 2.31 bits per heavy atom. The fraction of sp³-hybridized carbons (Fsp3) is 0.364. The summed E-state index contributed by atoms with van der Waals surface area (Å²) in [5, 5.41) is 10.2. The predicted molar refractivity (Wildman–Crippen MR) is 61.1 cm³/mol. The lowest BCUT2D eigenvalue weighted by atomic mass is 10.00. The summed E-state index contributed by atoms with van der Waals surface area (Å²) in [5.41, 5.74) is 1.94. The second-order valence-corrected chi connectivity index (χ2v) is 4.89. The maximum Gasteiger partial charge on any atom is 0.337 e. The van der Waals surface area contributed by atoms with Crippen LogP contribution in [-0.4, -0.2) is 20.4 Å². The van der Waals surface area contributed by atoms with Crippen LogP contribution in [0.2, 0.25) is 0 Å². The predicted octanol–water partition coefficient (Wildman–Crippen LogP) is 2.58. The van der Waals surface area contributed by atoms with Crippen molar-refractivity contribution >= 4 is 27.7 Å². The first-order valence-electron chi connectivity index (χ1n) is 5.16. The van der Waals surface area contributed by atoms with Crippen LogP contribution in [0.5, 0.6) is 0 Å². The molecule has 5 heteroatoms. The van der Waals surface area contributed by atoms with Crippen LogP contribution in [0, 0.1) is 6.92 Å². The number of nitrogens with zero attached hydrogens (tertiary/aromatic N) is 2. The van der Waals surface area contributed by atoms with Crippen molar-refractivity contribution in [2.45, 2.75) is 25.7 Å². The number of carboxylic acid groups (broad SMARTS) is 1. The Balaban J connectivity index is 2.40. The largest absolute Gasteiger partial charge is 0.478 e. The Morgan fingerprint density at radius 1 is 1.56 bits per heavy atom. The monoisotopic (exact) mass is 234 g/mol. The quantitative estimate of drug-likeness (QED) is 0.867. The SMILES string of the molecule is Cc1nc2sncc2c(C2CC2)c1C(=O)O. The first-order valence-corrected chi connectivity index (χ1v) is 5.94. The van der Waals surface area contributed by atoms with Gasteiger partial charge in [-0.1, -0.05) is 0 Å². The summed E-state index contributed by atoms with van der Waals surface area (Å²) in [4.78, 5) is 16.4. The Morgan fingerprint density at radius 3 is 2.94 bits per heavy atom. The summed E-state index contributed by atoms with van der Waals surface area (Å²) in [5.74, 6) is -0.480. The van der Waals surface area contributed by atoms with Gasteiger partial charge in [-0.05, 0) is 42.8 Å². The molecule has 0 aromatic carbocycles. The van der Waals surface area contributed by atoms with Crippen LogP contribution in [0.3, 0.4) is 0 Å². The molecule has 0 amide bonds. The van der Waals surface area contributed by atoms with E-state index < -0.39 is 5.97 Å². The van der Waals surface area contributed by atoms with Gasteiger partial charge in [-0.25, -0.2) is 9.78 Å². The molecule has 82 valence electrons. The van der Waals surface area contributed by atoms with E-state index in [9.17, 15) is 9.90 Å². The zero-order valence-corrected chi connectivity index (χ0v) is 9.54. The van der Waals surface area contributed by atoms with Gasteiger partial charge in [0.05, 0.1) is 17.5 Å². The molecule has 0 spiro atoms. The average Bonchev–Trinajstić information content (AvgIpc) is 2.95. The summed E-state index contributed by atoms with van der Waals surface area (Å²) < 4.78 is 4.10. The minimum Gasteiger partial charge on any atom is -0.478 e. The number of aromatic carboxylic acids is 1. The van der Waals surface area contributed by atoms with Crippen molar-refractivity contribution in [3.8, 4) is 0 Å². The highest BCUT2D eigenvalue weighted by molar-refractivity contribution is 7.12. The first-order chi connectivity index (χ1) is 7.68. The second kappa shape index (κ2) is 3.25. The van der Waals surface area contributed by atoms with E-state index in [0.29, 0.717) is 17.2 Å². The zero-order chi connectivity index (χ0) is 11.3. The van der Waals surface area contributed by atoms with E-state index in [4.69, 9.17) is 0 Å². The molecule has 1 saturated carbocycles. The van der Waals surface area contributed by atoms with Crippen LogP contribution in [0.15, 0.2) is 6.20 Å². The number of carbonyl (C=O) groups is 1. The minimum atomic E-state index is -0.875. The Bertz CT molecular complexity index is 587. The lowest BCUT2D eigenvalue weighted by molar-refractivity contribution is 0.0694. The van der Waals surface area contributed by atoms with Crippen molar-refractivity contribution in [3.05, 3.63) is 23.0 Å². The topological polar surface area (TPSA) is 63.1 Å². The maximum atomic E-state index is 11.3. The van der Waals surface area contributed by atoms with E-state index in [1.807, 2.05) is 0 Å². The van der Waals surface area contributed by atoms with Gasteiger partial charge >= 0.3 is 5.97 Å². The van der Waals surface area contributed by atoms with Crippen LogP contribution in [-0.2, 0) is 0 Å². The molecule has 0 atom stereocenters. The fourth-order valence-corrected chi connectivity index (χ4v) is 2.80. The summed E-state index contributed by atoms with van der Waals surface area (Å²) in [6, 6.07) is 0. The third-order valence-electron chi connectivity index (χ3n) is 2.94. The Hall–Kier alpha value is -1.49. The van der Waals surface area contributed by atoms with Gasteiger partial charge in [0.2, 0.25) is 0 Å². The Labute approximate surface area is 96.1 Å². The van der Waals surface area contributed by atoms with E-state index in [0.717, 1.165) is 28.6 Å². The van der Waals surface area contributed by atoms with E-state index in [1.54, 1.807) is 13.1 Å². The van der Waals surface area contributed by atoms with Crippen molar-refractivity contribution in [1.82, 2.24) is 9.36 Å². The van der Waals surface area contributed by atoms with Gasteiger partial charge in [0.1, 0.15) is 4.83 Å². The highest BCUT2D eigenvalue weighted by Crippen LogP contribution is 2.45. The van der Waals surface area contributed by atoms with Crippen molar-refractivity contribution in [2.24, 2.45) is 0 Å². The van der Waals surface area contributed by atoms with E-state index in [1.165, 1.54) is 11.5 Å². The number of hydrogen-bond acceptors (Lipinski definition) is 4. The summed E-state index contributed by atoms with van der Waals surface area (Å²) in [7, 11) is 0. The number of aromatic nitrogens is 2. The van der Waals surface area contributed by atoms with Crippen LogP contribution < -0.4 is 0 Å². The summed E-state index contributed by atoms with van der Waals surface area (Å²) in [6.07, 6.45) is 3.90. The van der Waals surface area contributed by atoms with Crippen molar-refractivity contribution in [3.63, 3.8) is 0 Å². The molecule has 0 radical (unpaired) electrons. The smallest absolute Gasteiger partial charge is 0.337 e. The normalized spacial score (nSPS) is 15.6. The summed E-state index contributed by atoms with van der Waals surface area (Å²) >= 11 is 1.33. The van der Waals surface area contributed by atoms with Gasteiger partial charge in [0.15, 0.2) is 0 Å². The number of aryl methyl sites for hydroxylation is 1. The lowest BCUT2D eigenvalue weighted by Gasteiger charge is -2.08. The molecule has 4 nitrogen and oxygen atoms in total. The zero-order valence-electron chi connectivity index (χ0n) is 8.73. The average molecular weight is 234 g/mol. The number of fused-ring (bicyclic) bond motifs is 1. The molecule has 2 heterocycles. The molecule has 1 fully saturated rings. The fourth-order valence-electron chi connectivity index (χ4n) is 2.10. The lowest BCUT2D eigenvalue weighted by Crippen LogP contribution is -2.06. The van der Waals surface area contributed by atoms with Gasteiger partial charge in [-0.15, -0.1) is 0 Å². The first kappa shape index (κ1) is 9.72. The molecular formula is C11H10N2O2S. The van der Waals surface area contributed by atoms with Gasteiger partial charge in [0.25, 0.3) is 0 Å². The third-order valence-corrected chi connectivity index (χ3v) is 3.64. The molecule has 0 saturated heterocycles. The van der Waals surface area contributed by atoms with Gasteiger partial charge in [-0.3, -0.25) is 0 Å². The molecule has 0 unspecified atom stereocenters. The standard InChI is InChI=1S/C11H10N2O2S/c1-5-8(11(14)15)9(6-2-3-6)7-4-12-16-10(7)13-5/h4,6H,2-3H2,1H3,(H,14,15). The van der Waals surface area contributed by atoms with E-state index in [2.05, 4.69) is 9.36 Å². The van der Waals surface area contributed by atoms with Crippen LogP contribution in [0.1, 0.15) is 40.4 Å².